The van der Waals surface area contributed by atoms with E-state index in [9.17, 15) is 4.79 Å². The molecule has 1 fully saturated rings. The molecule has 2 heterocycles. The minimum absolute atomic E-state index is 0.0592. The van der Waals surface area contributed by atoms with Gasteiger partial charge in [-0.15, -0.1) is 0 Å². The highest BCUT2D eigenvalue weighted by molar-refractivity contribution is 9.10. The number of hydrogen-bond donors (Lipinski definition) is 1. The van der Waals surface area contributed by atoms with Crippen molar-refractivity contribution in [2.24, 2.45) is 5.73 Å². The summed E-state index contributed by atoms with van der Waals surface area (Å²) < 4.78 is 6.55. The zero-order valence-corrected chi connectivity index (χ0v) is 12.0. The van der Waals surface area contributed by atoms with Gasteiger partial charge in [-0.05, 0) is 40.9 Å². The molecule has 3 rings (SSSR count). The second kappa shape index (κ2) is 4.98. The first-order valence-corrected chi connectivity index (χ1v) is 7.19. The highest BCUT2D eigenvalue weighted by atomic mass is 79.9. The monoisotopic (exact) mass is 322 g/mol. The fourth-order valence-corrected chi connectivity index (χ4v) is 3.09. The van der Waals surface area contributed by atoms with Gasteiger partial charge in [-0.2, -0.15) is 0 Å². The summed E-state index contributed by atoms with van der Waals surface area (Å²) >= 11 is 3.43. The number of para-hydroxylation sites is 1. The molecule has 0 spiro atoms. The van der Waals surface area contributed by atoms with Gasteiger partial charge in [0.1, 0.15) is 5.58 Å². The van der Waals surface area contributed by atoms with E-state index in [1.165, 1.54) is 0 Å². The number of nitrogens with two attached hydrogens (primary N) is 1. The maximum Gasteiger partial charge on any atom is 0.289 e. The third kappa shape index (κ3) is 2.17. The summed E-state index contributed by atoms with van der Waals surface area (Å²) in [6, 6.07) is 7.70. The Bertz CT molecular complexity index is 623. The number of hydrogen-bond acceptors (Lipinski definition) is 3. The van der Waals surface area contributed by atoms with E-state index < -0.39 is 0 Å². The Morgan fingerprint density at radius 2 is 2.37 bits per heavy atom. The first-order valence-electron chi connectivity index (χ1n) is 6.40. The molecule has 100 valence electrons. The molecule has 19 heavy (non-hydrogen) atoms. The van der Waals surface area contributed by atoms with Crippen LogP contribution in [0.25, 0.3) is 11.0 Å². The molecule has 2 aromatic rings. The van der Waals surface area contributed by atoms with Crippen molar-refractivity contribution in [2.45, 2.75) is 18.9 Å². The fourth-order valence-electron chi connectivity index (χ4n) is 2.62. The average Bonchev–Trinajstić information content (AvgIpc) is 3.04. The lowest BCUT2D eigenvalue weighted by molar-refractivity contribution is 0.0711. The molecule has 2 N–H and O–H groups in total. The topological polar surface area (TPSA) is 59.5 Å². The molecular weight excluding hydrogens is 308 g/mol. The predicted octanol–water partition coefficient (Wildman–Crippen LogP) is 2.76. The molecule has 0 unspecified atom stereocenters. The number of carbonyl (C=O) groups is 1. The van der Waals surface area contributed by atoms with Gasteiger partial charge in [0.05, 0.1) is 4.47 Å². The van der Waals surface area contributed by atoms with Crippen LogP contribution in [-0.4, -0.2) is 29.9 Å². The number of likely N-dealkylation sites (tertiary alicyclic amines) is 1. The van der Waals surface area contributed by atoms with Crippen molar-refractivity contribution >= 4 is 32.8 Å². The van der Waals surface area contributed by atoms with Crippen molar-refractivity contribution in [3.8, 4) is 0 Å². The zero-order chi connectivity index (χ0) is 13.4. The Balaban J connectivity index is 1.95. The highest BCUT2D eigenvalue weighted by Gasteiger charge is 2.30. The molecule has 1 atom stereocenters. The Morgan fingerprint density at radius 1 is 1.53 bits per heavy atom. The number of rotatable bonds is 2. The quantitative estimate of drug-likeness (QED) is 0.924. The van der Waals surface area contributed by atoms with E-state index in [4.69, 9.17) is 10.2 Å². The predicted molar refractivity (Wildman–Crippen MR) is 77.0 cm³/mol. The van der Waals surface area contributed by atoms with Crippen LogP contribution in [0.4, 0.5) is 0 Å². The minimum Gasteiger partial charge on any atom is -0.450 e. The Hall–Kier alpha value is -1.33. The van der Waals surface area contributed by atoms with E-state index in [0.29, 0.717) is 17.9 Å². The van der Waals surface area contributed by atoms with Crippen LogP contribution in [-0.2, 0) is 0 Å². The molecular formula is C14H15BrN2O2. The summed E-state index contributed by atoms with van der Waals surface area (Å²) in [6.07, 6.45) is 1.99. The smallest absolute Gasteiger partial charge is 0.289 e. The molecule has 0 aliphatic carbocycles. The van der Waals surface area contributed by atoms with Crippen molar-refractivity contribution in [1.29, 1.82) is 0 Å². The number of nitrogens with zero attached hydrogens (tertiary/aromatic N) is 1. The summed E-state index contributed by atoms with van der Waals surface area (Å²) in [6.45, 7) is 1.27. The van der Waals surface area contributed by atoms with Gasteiger partial charge in [0.25, 0.3) is 5.91 Å². The molecule has 1 aliphatic rings. The fraction of sp³-hybridized carbons (Fsp3) is 0.357. The van der Waals surface area contributed by atoms with Crippen LogP contribution < -0.4 is 5.73 Å². The summed E-state index contributed by atoms with van der Waals surface area (Å²) in [7, 11) is 0. The van der Waals surface area contributed by atoms with Crippen LogP contribution in [0.5, 0.6) is 0 Å². The van der Waals surface area contributed by atoms with Crippen molar-refractivity contribution in [3.63, 3.8) is 0 Å². The van der Waals surface area contributed by atoms with Gasteiger partial charge in [0, 0.05) is 24.5 Å². The van der Waals surface area contributed by atoms with E-state index in [-0.39, 0.29) is 11.9 Å². The molecule has 1 aliphatic heterocycles. The summed E-state index contributed by atoms with van der Waals surface area (Å²) in [5, 5.41) is 0.932. The first kappa shape index (κ1) is 12.7. The number of furan rings is 1. The lowest BCUT2D eigenvalue weighted by Gasteiger charge is -2.22. The van der Waals surface area contributed by atoms with Crippen molar-refractivity contribution in [1.82, 2.24) is 4.90 Å². The van der Waals surface area contributed by atoms with Crippen molar-refractivity contribution in [2.75, 3.05) is 13.1 Å². The molecule has 1 saturated heterocycles. The van der Waals surface area contributed by atoms with Crippen LogP contribution in [0.15, 0.2) is 33.2 Å². The standard InChI is InChI=1S/C14H15BrN2O2/c15-11-5-1-3-9-7-12(19-13(9)11)14(18)17-6-2-4-10(17)8-16/h1,3,5,7,10H,2,4,6,8,16H2/t10-/m1/s1. The second-order valence-corrected chi connectivity index (χ2v) is 5.65. The lowest BCUT2D eigenvalue weighted by Crippen LogP contribution is -2.39. The summed E-state index contributed by atoms with van der Waals surface area (Å²) in [5.74, 6) is 0.332. The van der Waals surface area contributed by atoms with Gasteiger partial charge < -0.3 is 15.1 Å². The van der Waals surface area contributed by atoms with Gasteiger partial charge in [-0.1, -0.05) is 12.1 Å². The van der Waals surface area contributed by atoms with Crippen LogP contribution in [0, 0.1) is 0 Å². The van der Waals surface area contributed by atoms with Gasteiger partial charge in [0.15, 0.2) is 5.76 Å². The van der Waals surface area contributed by atoms with E-state index in [2.05, 4.69) is 15.9 Å². The molecule has 5 heteroatoms. The SMILES string of the molecule is NC[C@H]1CCCN1C(=O)c1cc2cccc(Br)c2o1. The number of benzene rings is 1. The van der Waals surface area contributed by atoms with Crippen LogP contribution in [0.3, 0.4) is 0 Å². The molecule has 0 saturated carbocycles. The van der Waals surface area contributed by atoms with Gasteiger partial charge in [-0.3, -0.25) is 4.79 Å². The number of halogens is 1. The van der Waals surface area contributed by atoms with E-state index in [1.54, 1.807) is 6.07 Å². The molecule has 1 aromatic carbocycles. The summed E-state index contributed by atoms with van der Waals surface area (Å²) in [5.41, 5.74) is 6.42. The van der Waals surface area contributed by atoms with E-state index in [1.807, 2.05) is 23.1 Å². The third-order valence-electron chi connectivity index (χ3n) is 3.62. The first-order chi connectivity index (χ1) is 9.20. The van der Waals surface area contributed by atoms with E-state index >= 15 is 0 Å². The molecule has 1 amide bonds. The van der Waals surface area contributed by atoms with Crippen molar-refractivity contribution < 1.29 is 9.21 Å². The summed E-state index contributed by atoms with van der Waals surface area (Å²) in [4.78, 5) is 14.3. The Labute approximate surface area is 119 Å². The Kier molecular flexibility index (Phi) is 3.33. The van der Waals surface area contributed by atoms with Crippen LogP contribution in [0.2, 0.25) is 0 Å². The molecule has 0 radical (unpaired) electrons. The molecule has 0 bridgehead atoms. The Morgan fingerprint density at radius 3 is 3.11 bits per heavy atom. The maximum absolute atomic E-state index is 12.5. The number of fused-ring (bicyclic) bond motifs is 1. The number of carbonyl (C=O) groups excluding carboxylic acids is 1. The van der Waals surface area contributed by atoms with Crippen LogP contribution in [0.1, 0.15) is 23.4 Å². The van der Waals surface area contributed by atoms with Gasteiger partial charge in [-0.25, -0.2) is 0 Å². The molecule has 4 nitrogen and oxygen atoms in total. The third-order valence-corrected chi connectivity index (χ3v) is 4.24. The van der Waals surface area contributed by atoms with Gasteiger partial charge in [0.2, 0.25) is 0 Å². The maximum atomic E-state index is 12.5. The second-order valence-electron chi connectivity index (χ2n) is 4.80. The highest BCUT2D eigenvalue weighted by Crippen LogP contribution is 2.28. The average molecular weight is 323 g/mol. The normalized spacial score (nSPS) is 19.3. The molecule has 1 aromatic heterocycles. The minimum atomic E-state index is -0.0592. The number of amides is 1. The zero-order valence-electron chi connectivity index (χ0n) is 10.4. The van der Waals surface area contributed by atoms with Crippen molar-refractivity contribution in [3.05, 3.63) is 34.5 Å². The van der Waals surface area contributed by atoms with Crippen LogP contribution >= 0.6 is 15.9 Å². The van der Waals surface area contributed by atoms with Gasteiger partial charge >= 0.3 is 0 Å². The van der Waals surface area contributed by atoms with E-state index in [0.717, 1.165) is 29.2 Å². The lowest BCUT2D eigenvalue weighted by atomic mass is 10.2. The largest absolute Gasteiger partial charge is 0.450 e.